The van der Waals surface area contributed by atoms with Crippen molar-refractivity contribution in [1.29, 1.82) is 0 Å². The maximum atomic E-state index is 11.5. The van der Waals surface area contributed by atoms with Gasteiger partial charge in [0.25, 0.3) is 0 Å². The molecule has 0 heterocycles. The fraction of sp³-hybridized carbons (Fsp3) is 0.167. The molecule has 0 atom stereocenters. The van der Waals surface area contributed by atoms with E-state index in [1.807, 2.05) is 54.6 Å². The molecule has 0 bridgehead atoms. The molecular weight excluding hydrogens is 262 g/mol. The lowest BCUT2D eigenvalue weighted by molar-refractivity contribution is 0.140. The molecule has 1 amide bonds. The van der Waals surface area contributed by atoms with Crippen molar-refractivity contribution in [3.63, 3.8) is 0 Å². The molecule has 0 radical (unpaired) electrons. The van der Waals surface area contributed by atoms with Gasteiger partial charge in [0.2, 0.25) is 0 Å². The first-order chi connectivity index (χ1) is 10.3. The fourth-order valence-corrected chi connectivity index (χ4v) is 1.85. The van der Waals surface area contributed by atoms with E-state index < -0.39 is 6.09 Å². The van der Waals surface area contributed by atoms with Gasteiger partial charge in [-0.15, -0.1) is 6.42 Å². The van der Waals surface area contributed by atoms with Crippen LogP contribution in [0, 0.1) is 12.3 Å². The number of carbonyl (C=O) groups is 1. The Balaban J connectivity index is 1.68. The molecule has 2 rings (SSSR count). The van der Waals surface area contributed by atoms with Gasteiger partial charge in [0.15, 0.2) is 0 Å². The standard InChI is InChI=1S/C18H17NO2/c1-2-15-8-10-16(11-9-15)12-13-19-18(20)21-14-17-6-4-3-5-7-17/h1,3-11H,12-14H2,(H,19,20). The van der Waals surface area contributed by atoms with Crippen LogP contribution < -0.4 is 5.32 Å². The average molecular weight is 279 g/mol. The third-order valence-electron chi connectivity index (χ3n) is 3.02. The highest BCUT2D eigenvalue weighted by Gasteiger charge is 2.02. The Bertz CT molecular complexity index is 612. The molecule has 0 spiro atoms. The van der Waals surface area contributed by atoms with Crippen molar-refractivity contribution in [3.8, 4) is 12.3 Å². The lowest BCUT2D eigenvalue weighted by Crippen LogP contribution is -2.26. The van der Waals surface area contributed by atoms with Gasteiger partial charge >= 0.3 is 6.09 Å². The normalized spacial score (nSPS) is 9.67. The van der Waals surface area contributed by atoms with E-state index in [0.717, 1.165) is 23.1 Å². The van der Waals surface area contributed by atoms with Gasteiger partial charge in [-0.3, -0.25) is 0 Å². The summed E-state index contributed by atoms with van der Waals surface area (Å²) in [5, 5.41) is 2.73. The zero-order valence-electron chi connectivity index (χ0n) is 11.7. The molecule has 3 nitrogen and oxygen atoms in total. The lowest BCUT2D eigenvalue weighted by Gasteiger charge is -2.07. The van der Waals surface area contributed by atoms with Crippen LogP contribution in [0.1, 0.15) is 16.7 Å². The summed E-state index contributed by atoms with van der Waals surface area (Å²) in [7, 11) is 0. The molecule has 0 saturated carbocycles. The van der Waals surface area contributed by atoms with E-state index in [-0.39, 0.29) is 6.61 Å². The molecule has 0 unspecified atom stereocenters. The second-order valence-electron chi connectivity index (χ2n) is 4.58. The predicted molar refractivity (Wildman–Crippen MR) is 82.7 cm³/mol. The van der Waals surface area contributed by atoms with Crippen LogP contribution in [-0.2, 0) is 17.8 Å². The van der Waals surface area contributed by atoms with E-state index in [4.69, 9.17) is 11.2 Å². The van der Waals surface area contributed by atoms with E-state index in [0.29, 0.717) is 6.54 Å². The van der Waals surface area contributed by atoms with E-state index in [1.54, 1.807) is 0 Å². The third-order valence-corrected chi connectivity index (χ3v) is 3.02. The number of hydrogen-bond donors (Lipinski definition) is 1. The lowest BCUT2D eigenvalue weighted by atomic mass is 10.1. The second-order valence-corrected chi connectivity index (χ2v) is 4.58. The first kappa shape index (κ1) is 14.7. The van der Waals surface area contributed by atoms with Crippen LogP contribution in [0.5, 0.6) is 0 Å². The summed E-state index contributed by atoms with van der Waals surface area (Å²) in [4.78, 5) is 11.5. The fourth-order valence-electron chi connectivity index (χ4n) is 1.85. The van der Waals surface area contributed by atoms with Crippen LogP contribution in [0.15, 0.2) is 54.6 Å². The Kier molecular flexibility index (Phi) is 5.42. The van der Waals surface area contributed by atoms with Crippen molar-refractivity contribution in [2.75, 3.05) is 6.54 Å². The van der Waals surface area contributed by atoms with E-state index >= 15 is 0 Å². The first-order valence-electron chi connectivity index (χ1n) is 6.78. The number of amides is 1. The van der Waals surface area contributed by atoms with Crippen molar-refractivity contribution in [2.24, 2.45) is 0 Å². The van der Waals surface area contributed by atoms with Gasteiger partial charge < -0.3 is 10.1 Å². The smallest absolute Gasteiger partial charge is 0.407 e. The zero-order valence-corrected chi connectivity index (χ0v) is 11.7. The minimum absolute atomic E-state index is 0.281. The van der Waals surface area contributed by atoms with E-state index in [1.165, 1.54) is 0 Å². The molecule has 0 fully saturated rings. The Hall–Kier alpha value is -2.73. The summed E-state index contributed by atoms with van der Waals surface area (Å²) in [6.07, 6.45) is 5.64. The van der Waals surface area contributed by atoms with Gasteiger partial charge in [0.1, 0.15) is 6.61 Å². The van der Waals surface area contributed by atoms with Gasteiger partial charge in [-0.1, -0.05) is 48.4 Å². The maximum absolute atomic E-state index is 11.5. The van der Waals surface area contributed by atoms with Gasteiger partial charge in [0, 0.05) is 12.1 Å². The monoisotopic (exact) mass is 279 g/mol. The summed E-state index contributed by atoms with van der Waals surface area (Å²) in [5.41, 5.74) is 2.95. The summed E-state index contributed by atoms with van der Waals surface area (Å²) in [6.45, 7) is 0.812. The number of benzene rings is 2. The average Bonchev–Trinajstić information content (AvgIpc) is 2.54. The van der Waals surface area contributed by atoms with Crippen molar-refractivity contribution in [2.45, 2.75) is 13.0 Å². The SMILES string of the molecule is C#Cc1ccc(CCNC(=O)OCc2ccccc2)cc1. The minimum atomic E-state index is -0.404. The van der Waals surface area contributed by atoms with Crippen molar-refractivity contribution < 1.29 is 9.53 Å². The molecule has 0 aliphatic carbocycles. The largest absolute Gasteiger partial charge is 0.445 e. The zero-order chi connectivity index (χ0) is 14.9. The minimum Gasteiger partial charge on any atom is -0.445 e. The van der Waals surface area contributed by atoms with Crippen LogP contribution in [0.3, 0.4) is 0 Å². The molecular formula is C18H17NO2. The number of ether oxygens (including phenoxy) is 1. The van der Waals surface area contributed by atoms with E-state index in [9.17, 15) is 4.79 Å². The van der Waals surface area contributed by atoms with Gasteiger partial charge in [-0.25, -0.2) is 4.79 Å². The summed E-state index contributed by atoms with van der Waals surface area (Å²) >= 11 is 0. The highest BCUT2D eigenvalue weighted by molar-refractivity contribution is 5.67. The number of hydrogen-bond acceptors (Lipinski definition) is 2. The van der Waals surface area contributed by atoms with Gasteiger partial charge in [-0.2, -0.15) is 0 Å². The van der Waals surface area contributed by atoms with Crippen LogP contribution in [-0.4, -0.2) is 12.6 Å². The van der Waals surface area contributed by atoms with Gasteiger partial charge in [-0.05, 0) is 29.7 Å². The summed E-state index contributed by atoms with van der Waals surface area (Å²) in [5.74, 6) is 2.57. The maximum Gasteiger partial charge on any atom is 0.407 e. The second kappa shape index (κ2) is 7.76. The highest BCUT2D eigenvalue weighted by atomic mass is 16.5. The number of carbonyl (C=O) groups excluding carboxylic acids is 1. The molecule has 21 heavy (non-hydrogen) atoms. The van der Waals surface area contributed by atoms with Crippen molar-refractivity contribution in [1.82, 2.24) is 5.32 Å². The molecule has 2 aromatic carbocycles. The predicted octanol–water partition coefficient (Wildman–Crippen LogP) is 3.14. The quantitative estimate of drug-likeness (QED) is 0.854. The summed E-state index contributed by atoms with van der Waals surface area (Å²) in [6, 6.07) is 17.3. The van der Waals surface area contributed by atoms with Gasteiger partial charge in [0.05, 0.1) is 0 Å². The van der Waals surface area contributed by atoms with E-state index in [2.05, 4.69) is 11.2 Å². The number of rotatable bonds is 5. The Labute approximate surface area is 125 Å². The molecule has 0 aromatic heterocycles. The number of terminal acetylenes is 1. The highest BCUT2D eigenvalue weighted by Crippen LogP contribution is 2.04. The number of alkyl carbamates (subject to hydrolysis) is 1. The van der Waals surface area contributed by atoms with Crippen LogP contribution in [0.25, 0.3) is 0 Å². The molecule has 3 heteroatoms. The molecule has 1 N–H and O–H groups in total. The molecule has 0 aliphatic heterocycles. The van der Waals surface area contributed by atoms with Crippen LogP contribution >= 0.6 is 0 Å². The first-order valence-corrected chi connectivity index (χ1v) is 6.78. The topological polar surface area (TPSA) is 38.3 Å². The molecule has 2 aromatic rings. The Morgan fingerprint density at radius 2 is 1.76 bits per heavy atom. The van der Waals surface area contributed by atoms with Crippen molar-refractivity contribution >= 4 is 6.09 Å². The molecule has 0 saturated heterocycles. The third kappa shape index (κ3) is 5.04. The summed E-state index contributed by atoms with van der Waals surface area (Å²) < 4.78 is 5.13. The van der Waals surface area contributed by atoms with Crippen LogP contribution in [0.4, 0.5) is 4.79 Å². The Morgan fingerprint density at radius 3 is 2.43 bits per heavy atom. The molecule has 0 aliphatic rings. The van der Waals surface area contributed by atoms with Crippen molar-refractivity contribution in [3.05, 3.63) is 71.3 Å². The van der Waals surface area contributed by atoms with Crippen LogP contribution in [0.2, 0.25) is 0 Å². The number of nitrogens with one attached hydrogen (secondary N) is 1. The Morgan fingerprint density at radius 1 is 1.05 bits per heavy atom. The molecule has 106 valence electrons.